The Balaban J connectivity index is 1.33. The maximum atomic E-state index is 14.4. The average molecular weight is 621 g/mol. The number of benzene rings is 6. The van der Waals surface area contributed by atoms with Gasteiger partial charge in [-0.05, 0) is 41.8 Å². The summed E-state index contributed by atoms with van der Waals surface area (Å²) in [6, 6.07) is 45.9. The topological polar surface area (TPSA) is 95.0 Å². The molecule has 9 aromatic rings. The molecule has 8 nitrogen and oxygen atoms in total. The van der Waals surface area contributed by atoms with E-state index in [0.717, 1.165) is 27.5 Å². The lowest BCUT2D eigenvalue weighted by atomic mass is 10.0. The van der Waals surface area contributed by atoms with Gasteiger partial charge < -0.3 is 0 Å². The summed E-state index contributed by atoms with van der Waals surface area (Å²) in [5, 5.41) is 2.13. The van der Waals surface area contributed by atoms with E-state index >= 15 is 0 Å². The predicted molar refractivity (Wildman–Crippen MR) is 189 cm³/mol. The summed E-state index contributed by atoms with van der Waals surface area (Å²) in [6.07, 6.45) is 0. The van der Waals surface area contributed by atoms with E-state index in [1.165, 1.54) is 4.40 Å². The molecule has 0 saturated carbocycles. The maximum Gasteiger partial charge on any atom is 0.299 e. The average Bonchev–Trinajstić information content (AvgIpc) is 3.15. The number of nitrogens with zero attached hydrogens (tertiary/aromatic N) is 6. The van der Waals surface area contributed by atoms with Crippen LogP contribution in [0.5, 0.6) is 0 Å². The second-order valence-electron chi connectivity index (χ2n) is 11.4. The van der Waals surface area contributed by atoms with Crippen LogP contribution in [0.3, 0.4) is 0 Å². The zero-order valence-electron chi connectivity index (χ0n) is 25.4. The normalized spacial score (nSPS) is 11.5. The minimum atomic E-state index is -0.396. The Kier molecular flexibility index (Phi) is 6.26. The summed E-state index contributed by atoms with van der Waals surface area (Å²) in [6.45, 7) is 0. The first kappa shape index (κ1) is 27.5. The smallest absolute Gasteiger partial charge is 0.272 e. The van der Waals surface area contributed by atoms with Crippen LogP contribution in [0.25, 0.3) is 78.2 Å². The second kappa shape index (κ2) is 10.9. The third-order valence-corrected chi connectivity index (χ3v) is 8.62. The van der Waals surface area contributed by atoms with Gasteiger partial charge in [0.15, 0.2) is 17.5 Å². The van der Waals surface area contributed by atoms with Gasteiger partial charge in [-0.3, -0.25) is 18.6 Å². The van der Waals surface area contributed by atoms with Crippen LogP contribution < -0.4 is 11.1 Å². The van der Waals surface area contributed by atoms with Crippen molar-refractivity contribution in [1.82, 2.24) is 28.9 Å². The van der Waals surface area contributed by atoms with E-state index < -0.39 is 5.56 Å². The molecule has 0 spiro atoms. The van der Waals surface area contributed by atoms with Gasteiger partial charge in [0.25, 0.3) is 11.1 Å². The lowest BCUT2D eigenvalue weighted by Gasteiger charge is -2.17. The molecule has 0 unspecified atom stereocenters. The van der Waals surface area contributed by atoms with Crippen LogP contribution in [-0.2, 0) is 0 Å². The van der Waals surface area contributed by atoms with E-state index in [2.05, 4.69) is 0 Å². The molecule has 0 aliphatic carbocycles. The van der Waals surface area contributed by atoms with Crippen LogP contribution in [-0.4, -0.2) is 28.9 Å². The molecule has 226 valence electrons. The molecular formula is C40H24N6O2. The summed E-state index contributed by atoms with van der Waals surface area (Å²) >= 11 is 0. The first-order valence-electron chi connectivity index (χ1n) is 15.5. The van der Waals surface area contributed by atoms with Crippen molar-refractivity contribution in [3.63, 3.8) is 0 Å². The number of rotatable bonds is 4. The third kappa shape index (κ3) is 4.31. The van der Waals surface area contributed by atoms with Crippen molar-refractivity contribution in [2.45, 2.75) is 0 Å². The lowest BCUT2D eigenvalue weighted by Crippen LogP contribution is -2.28. The van der Waals surface area contributed by atoms with Crippen LogP contribution in [0.15, 0.2) is 155 Å². The molecule has 6 aromatic carbocycles. The molecule has 9 rings (SSSR count). The van der Waals surface area contributed by atoms with E-state index in [4.69, 9.17) is 19.9 Å². The van der Waals surface area contributed by atoms with Crippen molar-refractivity contribution < 1.29 is 0 Å². The summed E-state index contributed by atoms with van der Waals surface area (Å²) in [4.78, 5) is 47.6. The minimum absolute atomic E-state index is 0.0584. The number of fused-ring (bicyclic) bond motifs is 5. The molecule has 3 heterocycles. The van der Waals surface area contributed by atoms with E-state index in [-0.39, 0.29) is 11.2 Å². The van der Waals surface area contributed by atoms with E-state index in [1.807, 2.05) is 127 Å². The molecular weight excluding hydrogens is 596 g/mol. The van der Waals surface area contributed by atoms with Crippen LogP contribution >= 0.6 is 0 Å². The van der Waals surface area contributed by atoms with E-state index in [9.17, 15) is 9.59 Å². The first-order valence-corrected chi connectivity index (χ1v) is 15.5. The summed E-state index contributed by atoms with van der Waals surface area (Å²) in [5.74, 6) is 1.64. The molecule has 0 amide bonds. The Morgan fingerprint density at radius 2 is 0.958 bits per heavy atom. The van der Waals surface area contributed by atoms with Crippen LogP contribution in [0.2, 0.25) is 0 Å². The highest BCUT2D eigenvalue weighted by atomic mass is 16.1. The van der Waals surface area contributed by atoms with E-state index in [0.29, 0.717) is 45.1 Å². The van der Waals surface area contributed by atoms with E-state index in [1.54, 1.807) is 22.8 Å². The minimum Gasteiger partial charge on any atom is -0.272 e. The van der Waals surface area contributed by atoms with Gasteiger partial charge >= 0.3 is 0 Å². The summed E-state index contributed by atoms with van der Waals surface area (Å²) in [5.41, 5.74) is 4.23. The monoisotopic (exact) mass is 620 g/mol. The van der Waals surface area contributed by atoms with Crippen molar-refractivity contribution in [2.75, 3.05) is 0 Å². The van der Waals surface area contributed by atoms with Crippen molar-refractivity contribution in [3.8, 4) is 39.9 Å². The highest BCUT2D eigenvalue weighted by Crippen LogP contribution is 2.33. The maximum absolute atomic E-state index is 14.4. The molecule has 0 N–H and O–H groups in total. The Labute approximate surface area is 272 Å². The summed E-state index contributed by atoms with van der Waals surface area (Å²) in [7, 11) is 0. The molecule has 0 aliphatic heterocycles. The molecule has 0 saturated heterocycles. The predicted octanol–water partition coefficient (Wildman–Crippen LogP) is 7.49. The zero-order valence-corrected chi connectivity index (χ0v) is 25.4. The Bertz CT molecular complexity index is 2770. The summed E-state index contributed by atoms with van der Waals surface area (Å²) < 4.78 is 3.07. The van der Waals surface area contributed by atoms with Gasteiger partial charge in [-0.25, -0.2) is 19.9 Å². The van der Waals surface area contributed by atoms with Crippen molar-refractivity contribution in [1.29, 1.82) is 0 Å². The van der Waals surface area contributed by atoms with Crippen LogP contribution in [0, 0.1) is 0 Å². The van der Waals surface area contributed by atoms with Gasteiger partial charge in [0.2, 0.25) is 5.65 Å². The number of hydrogen-bond acceptors (Lipinski definition) is 6. The Morgan fingerprint density at radius 3 is 1.65 bits per heavy atom. The molecule has 0 aliphatic rings. The fourth-order valence-electron chi connectivity index (χ4n) is 6.39. The van der Waals surface area contributed by atoms with Gasteiger partial charge in [-0.1, -0.05) is 109 Å². The first-order chi connectivity index (χ1) is 23.7. The number of aromatic nitrogens is 6. The molecule has 3 aromatic heterocycles. The Hall–Kier alpha value is -6.80. The SMILES string of the molecule is O=c1c2nc3ccccc3c(=O)n2c2ccccc2n1-c1ccc(-c2nc(-c3ccccc3)nc(-c3ccccc3)n2)c2ccccc12. The molecule has 8 heteroatoms. The molecule has 48 heavy (non-hydrogen) atoms. The zero-order chi connectivity index (χ0) is 32.2. The van der Waals surface area contributed by atoms with Crippen molar-refractivity contribution >= 4 is 38.4 Å². The fraction of sp³-hybridized carbons (Fsp3) is 0. The lowest BCUT2D eigenvalue weighted by molar-refractivity contribution is 0.993. The third-order valence-electron chi connectivity index (χ3n) is 8.62. The van der Waals surface area contributed by atoms with Gasteiger partial charge in [0.1, 0.15) is 0 Å². The second-order valence-corrected chi connectivity index (χ2v) is 11.4. The van der Waals surface area contributed by atoms with Gasteiger partial charge in [0.05, 0.1) is 27.6 Å². The molecule has 0 radical (unpaired) electrons. The fourth-order valence-corrected chi connectivity index (χ4v) is 6.39. The van der Waals surface area contributed by atoms with Crippen LogP contribution in [0.4, 0.5) is 0 Å². The van der Waals surface area contributed by atoms with Crippen molar-refractivity contribution in [3.05, 3.63) is 166 Å². The molecule has 0 bridgehead atoms. The highest BCUT2D eigenvalue weighted by Gasteiger charge is 2.20. The number of hydrogen-bond donors (Lipinski definition) is 0. The number of para-hydroxylation sites is 3. The standard InChI is InChI=1S/C40H24N6O2/c47-39-30-19-9-10-20-31(30)41-38-40(48)45(33-21-11-12-22-34(33)46(38)39)32-24-23-29(27-17-7-8-18-28(27)32)37-43-35(25-13-3-1-4-14-25)42-36(44-37)26-15-5-2-6-16-26/h1-24H. The van der Waals surface area contributed by atoms with Gasteiger partial charge in [-0.2, -0.15) is 0 Å². The van der Waals surface area contributed by atoms with Crippen LogP contribution in [0.1, 0.15) is 0 Å². The quantitative estimate of drug-likeness (QED) is 0.149. The van der Waals surface area contributed by atoms with Crippen molar-refractivity contribution in [2.24, 2.45) is 0 Å². The van der Waals surface area contributed by atoms with Gasteiger partial charge in [-0.15, -0.1) is 0 Å². The van der Waals surface area contributed by atoms with Gasteiger partial charge in [0, 0.05) is 22.1 Å². The largest absolute Gasteiger partial charge is 0.299 e. The molecule has 0 atom stereocenters. The molecule has 0 fully saturated rings. The Morgan fingerprint density at radius 1 is 0.417 bits per heavy atom. The highest BCUT2D eigenvalue weighted by molar-refractivity contribution is 6.01.